The van der Waals surface area contributed by atoms with Gasteiger partial charge in [0.2, 0.25) is 5.91 Å². The fraction of sp³-hybridized carbons (Fsp3) is 0.417. The lowest BCUT2D eigenvalue weighted by atomic mass is 10.1. The molecule has 6 nitrogen and oxygen atoms in total. The summed E-state index contributed by atoms with van der Waals surface area (Å²) in [7, 11) is 0. The van der Waals surface area contributed by atoms with Crippen LogP contribution in [0.15, 0.2) is 54.6 Å². The third kappa shape index (κ3) is 5.19. The van der Waals surface area contributed by atoms with E-state index in [-0.39, 0.29) is 11.8 Å². The fourth-order valence-corrected chi connectivity index (χ4v) is 4.04. The van der Waals surface area contributed by atoms with Crippen molar-refractivity contribution in [2.75, 3.05) is 45.8 Å². The van der Waals surface area contributed by atoms with Crippen molar-refractivity contribution in [2.45, 2.75) is 19.3 Å². The molecule has 6 heteroatoms. The minimum absolute atomic E-state index is 0.00974. The highest BCUT2D eigenvalue weighted by Crippen LogP contribution is 2.22. The van der Waals surface area contributed by atoms with E-state index in [0.717, 1.165) is 44.8 Å². The first kappa shape index (κ1) is 20.4. The third-order valence-corrected chi connectivity index (χ3v) is 5.79. The predicted molar refractivity (Wildman–Crippen MR) is 116 cm³/mol. The Morgan fingerprint density at radius 3 is 2.17 bits per heavy atom. The first-order chi connectivity index (χ1) is 14.7. The standard InChI is InChI=1S/C24H29N3O3/c28-23(26-12-5-2-6-13-26)19-25-14-16-27(17-15-25)24(29)20-8-7-11-22(18-20)30-21-9-3-1-4-10-21/h1,3-4,7-11,18H,2,5-6,12-17,19H2. The number of benzene rings is 2. The number of carbonyl (C=O) groups excluding carboxylic acids is 2. The molecule has 2 saturated heterocycles. The molecule has 2 aliphatic rings. The molecule has 2 aromatic rings. The van der Waals surface area contributed by atoms with Crippen molar-refractivity contribution in [3.8, 4) is 11.5 Å². The molecule has 0 bridgehead atoms. The van der Waals surface area contributed by atoms with Gasteiger partial charge in [-0.25, -0.2) is 0 Å². The summed E-state index contributed by atoms with van der Waals surface area (Å²) < 4.78 is 5.85. The van der Waals surface area contributed by atoms with E-state index in [4.69, 9.17) is 4.74 Å². The Morgan fingerprint density at radius 1 is 0.733 bits per heavy atom. The number of para-hydroxylation sites is 1. The monoisotopic (exact) mass is 407 g/mol. The fourth-order valence-electron chi connectivity index (χ4n) is 4.04. The molecule has 2 aromatic carbocycles. The number of hydrogen-bond donors (Lipinski definition) is 0. The molecule has 158 valence electrons. The van der Waals surface area contributed by atoms with Crippen LogP contribution in [0.5, 0.6) is 11.5 Å². The van der Waals surface area contributed by atoms with Crippen LogP contribution >= 0.6 is 0 Å². The summed E-state index contributed by atoms with van der Waals surface area (Å²) in [5.74, 6) is 1.63. The Hall–Kier alpha value is -2.86. The maximum absolute atomic E-state index is 13.0. The Bertz CT molecular complexity index is 857. The average Bonchev–Trinajstić information content (AvgIpc) is 2.80. The maximum Gasteiger partial charge on any atom is 0.254 e. The maximum atomic E-state index is 13.0. The number of hydrogen-bond acceptors (Lipinski definition) is 4. The molecule has 0 unspecified atom stereocenters. The molecule has 0 atom stereocenters. The SMILES string of the molecule is O=C(CN1CCN(C(=O)c2cccc(Oc3ccccc3)c2)CC1)N1CCCCC1. The summed E-state index contributed by atoms with van der Waals surface area (Å²) in [5.41, 5.74) is 0.626. The van der Waals surface area contributed by atoms with Gasteiger partial charge in [-0.1, -0.05) is 24.3 Å². The van der Waals surface area contributed by atoms with Crippen LogP contribution in [0.3, 0.4) is 0 Å². The first-order valence-electron chi connectivity index (χ1n) is 10.8. The zero-order valence-corrected chi connectivity index (χ0v) is 17.3. The van der Waals surface area contributed by atoms with E-state index in [1.54, 1.807) is 6.07 Å². The summed E-state index contributed by atoms with van der Waals surface area (Å²) in [6.07, 6.45) is 3.45. The van der Waals surface area contributed by atoms with Gasteiger partial charge < -0.3 is 14.5 Å². The van der Waals surface area contributed by atoms with Gasteiger partial charge in [-0.2, -0.15) is 0 Å². The van der Waals surface area contributed by atoms with Crippen molar-refractivity contribution in [1.82, 2.24) is 14.7 Å². The minimum atomic E-state index is 0.00974. The van der Waals surface area contributed by atoms with E-state index in [1.165, 1.54) is 6.42 Å². The molecular weight excluding hydrogens is 378 g/mol. The van der Waals surface area contributed by atoms with Crippen LogP contribution in [0, 0.1) is 0 Å². The highest BCUT2D eigenvalue weighted by Gasteiger charge is 2.25. The first-order valence-corrected chi connectivity index (χ1v) is 10.8. The number of nitrogens with zero attached hydrogens (tertiary/aromatic N) is 3. The van der Waals surface area contributed by atoms with Gasteiger partial charge in [0, 0.05) is 44.8 Å². The van der Waals surface area contributed by atoms with Crippen LogP contribution < -0.4 is 4.74 Å². The molecule has 2 aliphatic heterocycles. The van der Waals surface area contributed by atoms with Crippen molar-refractivity contribution in [1.29, 1.82) is 0 Å². The lowest BCUT2D eigenvalue weighted by Crippen LogP contribution is -2.52. The summed E-state index contributed by atoms with van der Waals surface area (Å²) in [6, 6.07) is 16.9. The lowest BCUT2D eigenvalue weighted by Gasteiger charge is -2.36. The Kier molecular flexibility index (Phi) is 6.64. The van der Waals surface area contributed by atoms with Crippen molar-refractivity contribution >= 4 is 11.8 Å². The quantitative estimate of drug-likeness (QED) is 0.764. The Balaban J connectivity index is 1.30. The number of amides is 2. The lowest BCUT2D eigenvalue weighted by molar-refractivity contribution is -0.133. The summed E-state index contributed by atoms with van der Waals surface area (Å²) in [4.78, 5) is 31.5. The number of rotatable bonds is 5. The molecule has 30 heavy (non-hydrogen) atoms. The Morgan fingerprint density at radius 2 is 1.43 bits per heavy atom. The van der Waals surface area contributed by atoms with Gasteiger partial charge in [-0.15, -0.1) is 0 Å². The normalized spacial score (nSPS) is 17.6. The van der Waals surface area contributed by atoms with Crippen molar-refractivity contribution in [3.63, 3.8) is 0 Å². The second-order valence-electron chi connectivity index (χ2n) is 7.95. The largest absolute Gasteiger partial charge is 0.457 e. The van der Waals surface area contributed by atoms with E-state index >= 15 is 0 Å². The van der Waals surface area contributed by atoms with E-state index in [2.05, 4.69) is 4.90 Å². The van der Waals surface area contributed by atoms with Crippen molar-refractivity contribution in [3.05, 3.63) is 60.2 Å². The molecule has 0 aliphatic carbocycles. The zero-order chi connectivity index (χ0) is 20.8. The summed E-state index contributed by atoms with van der Waals surface area (Å²) in [6.45, 7) is 4.96. The molecule has 0 radical (unpaired) electrons. The van der Waals surface area contributed by atoms with Gasteiger partial charge >= 0.3 is 0 Å². The van der Waals surface area contributed by atoms with Gasteiger partial charge in [0.15, 0.2) is 0 Å². The average molecular weight is 408 g/mol. The van der Waals surface area contributed by atoms with Gasteiger partial charge in [0.1, 0.15) is 11.5 Å². The number of piperazine rings is 1. The molecule has 0 saturated carbocycles. The van der Waals surface area contributed by atoms with Gasteiger partial charge in [-0.3, -0.25) is 14.5 Å². The minimum Gasteiger partial charge on any atom is -0.457 e. The second-order valence-corrected chi connectivity index (χ2v) is 7.95. The Labute approximate surface area is 178 Å². The van der Waals surface area contributed by atoms with E-state index in [0.29, 0.717) is 30.9 Å². The van der Waals surface area contributed by atoms with Crippen molar-refractivity contribution < 1.29 is 14.3 Å². The van der Waals surface area contributed by atoms with Crippen LogP contribution in [0.2, 0.25) is 0 Å². The van der Waals surface area contributed by atoms with Crippen LogP contribution in [0.4, 0.5) is 0 Å². The van der Waals surface area contributed by atoms with Crippen molar-refractivity contribution in [2.24, 2.45) is 0 Å². The predicted octanol–water partition coefficient (Wildman–Crippen LogP) is 3.25. The van der Waals surface area contributed by atoms with Gasteiger partial charge in [-0.05, 0) is 49.6 Å². The number of ether oxygens (including phenoxy) is 1. The summed E-state index contributed by atoms with van der Waals surface area (Å²) in [5, 5.41) is 0. The highest BCUT2D eigenvalue weighted by atomic mass is 16.5. The van der Waals surface area contributed by atoms with Crippen LogP contribution in [-0.4, -0.2) is 72.3 Å². The van der Waals surface area contributed by atoms with Crippen LogP contribution in [0.25, 0.3) is 0 Å². The molecule has 4 rings (SSSR count). The molecule has 2 amide bonds. The molecule has 0 N–H and O–H groups in total. The zero-order valence-electron chi connectivity index (χ0n) is 17.3. The molecule has 2 heterocycles. The van der Waals surface area contributed by atoms with E-state index < -0.39 is 0 Å². The van der Waals surface area contributed by atoms with Crippen LogP contribution in [-0.2, 0) is 4.79 Å². The molecule has 0 spiro atoms. The highest BCUT2D eigenvalue weighted by molar-refractivity contribution is 5.94. The number of carbonyl (C=O) groups is 2. The topological polar surface area (TPSA) is 53.1 Å². The summed E-state index contributed by atoms with van der Waals surface area (Å²) >= 11 is 0. The van der Waals surface area contributed by atoms with Crippen LogP contribution in [0.1, 0.15) is 29.6 Å². The van der Waals surface area contributed by atoms with Gasteiger partial charge in [0.25, 0.3) is 5.91 Å². The second kappa shape index (κ2) is 9.76. The van der Waals surface area contributed by atoms with Gasteiger partial charge in [0.05, 0.1) is 6.54 Å². The smallest absolute Gasteiger partial charge is 0.254 e. The van der Waals surface area contributed by atoms with E-state index in [1.807, 2.05) is 58.3 Å². The molecule has 2 fully saturated rings. The van der Waals surface area contributed by atoms with E-state index in [9.17, 15) is 9.59 Å². The number of likely N-dealkylation sites (tertiary alicyclic amines) is 1. The third-order valence-electron chi connectivity index (χ3n) is 5.79. The molecular formula is C24H29N3O3. The number of piperidine rings is 1. The molecule has 0 aromatic heterocycles.